The molecule has 0 unspecified atom stereocenters. The molecule has 1 aromatic carbocycles. The fourth-order valence-corrected chi connectivity index (χ4v) is 2.73. The van der Waals surface area contributed by atoms with Crippen LogP contribution in [0, 0.1) is 5.92 Å². The molecule has 0 saturated heterocycles. The molecule has 1 heterocycles. The minimum atomic E-state index is -0.859. The lowest BCUT2D eigenvalue weighted by atomic mass is 9.95. The summed E-state index contributed by atoms with van der Waals surface area (Å²) in [5.74, 6) is -0.378. The molecule has 1 atom stereocenters. The highest BCUT2D eigenvalue weighted by atomic mass is 16.5. The Balaban J connectivity index is 2.10. The van der Waals surface area contributed by atoms with Crippen molar-refractivity contribution in [3.8, 4) is 0 Å². The molecule has 0 fully saturated rings. The van der Waals surface area contributed by atoms with E-state index in [9.17, 15) is 9.59 Å². The zero-order valence-electron chi connectivity index (χ0n) is 12.5. The van der Waals surface area contributed by atoms with Gasteiger partial charge in [0.05, 0.1) is 13.0 Å². The normalized spacial score (nSPS) is 15.8. The van der Waals surface area contributed by atoms with E-state index < -0.39 is 6.09 Å². The molecule has 0 bridgehead atoms. The van der Waals surface area contributed by atoms with Gasteiger partial charge in [-0.2, -0.15) is 0 Å². The molecule has 21 heavy (non-hydrogen) atoms. The third kappa shape index (κ3) is 3.74. The first-order valence-corrected chi connectivity index (χ1v) is 7.17. The largest absolute Gasteiger partial charge is 0.469 e. The maximum atomic E-state index is 11.5. The molecule has 1 aromatic rings. The molecule has 2 rings (SSSR count). The summed E-state index contributed by atoms with van der Waals surface area (Å²) >= 11 is 0. The number of rotatable bonds is 3. The Bertz CT molecular complexity index is 541. The number of ether oxygens (including phenoxy) is 1. The first-order valence-electron chi connectivity index (χ1n) is 7.17. The number of carbonyl (C=O) groups is 2. The molecule has 1 N–H and O–H groups in total. The molecular weight excluding hydrogens is 270 g/mol. The summed E-state index contributed by atoms with van der Waals surface area (Å²) in [6, 6.07) is 6.18. The molecule has 0 spiro atoms. The molecule has 1 amide bonds. The number of nitrogens with zero attached hydrogens (tertiary/aromatic N) is 1. The van der Waals surface area contributed by atoms with Crippen LogP contribution in [0.15, 0.2) is 18.2 Å². The van der Waals surface area contributed by atoms with Gasteiger partial charge < -0.3 is 14.7 Å². The van der Waals surface area contributed by atoms with Gasteiger partial charge in [-0.15, -0.1) is 0 Å². The van der Waals surface area contributed by atoms with Crippen molar-refractivity contribution in [3.05, 3.63) is 34.9 Å². The van der Waals surface area contributed by atoms with E-state index in [1.54, 1.807) is 0 Å². The van der Waals surface area contributed by atoms with Crippen molar-refractivity contribution >= 4 is 12.1 Å². The van der Waals surface area contributed by atoms with E-state index in [1.165, 1.54) is 23.1 Å². The summed E-state index contributed by atoms with van der Waals surface area (Å²) in [5, 5.41) is 9.08. The van der Waals surface area contributed by atoms with Crippen molar-refractivity contribution in [3.63, 3.8) is 0 Å². The molecule has 0 saturated carbocycles. The molecule has 0 radical (unpaired) electrons. The van der Waals surface area contributed by atoms with Gasteiger partial charge in [-0.05, 0) is 36.0 Å². The third-order valence-corrected chi connectivity index (χ3v) is 3.99. The fourth-order valence-electron chi connectivity index (χ4n) is 2.73. The van der Waals surface area contributed by atoms with Gasteiger partial charge in [-0.3, -0.25) is 4.79 Å². The van der Waals surface area contributed by atoms with E-state index in [2.05, 4.69) is 12.1 Å². The SMILES string of the molecule is COC(=O)[C@H](C)Cc1ccc2c(c1)CCN(C(=O)O)CC2. The molecule has 1 aliphatic rings. The number of hydrogen-bond donors (Lipinski definition) is 1. The minimum Gasteiger partial charge on any atom is -0.469 e. The Morgan fingerprint density at radius 2 is 1.95 bits per heavy atom. The maximum Gasteiger partial charge on any atom is 0.407 e. The Labute approximate surface area is 124 Å². The Hall–Kier alpha value is -2.04. The minimum absolute atomic E-state index is 0.172. The van der Waals surface area contributed by atoms with Crippen molar-refractivity contribution in [1.82, 2.24) is 4.90 Å². The van der Waals surface area contributed by atoms with Gasteiger partial charge >= 0.3 is 12.1 Å². The number of fused-ring (bicyclic) bond motifs is 1. The van der Waals surface area contributed by atoms with Crippen LogP contribution < -0.4 is 0 Å². The van der Waals surface area contributed by atoms with Gasteiger partial charge in [0.1, 0.15) is 0 Å². The standard InChI is InChI=1S/C16H21NO4/c1-11(15(18)21-2)9-12-3-4-13-5-7-17(16(19)20)8-6-14(13)10-12/h3-4,10-11H,5-9H2,1-2H3,(H,19,20)/t11-/m1/s1. The van der Waals surface area contributed by atoms with Gasteiger partial charge in [0.25, 0.3) is 0 Å². The number of hydrogen-bond acceptors (Lipinski definition) is 3. The second-order valence-electron chi connectivity index (χ2n) is 5.50. The summed E-state index contributed by atoms with van der Waals surface area (Å²) in [6.45, 7) is 2.92. The van der Waals surface area contributed by atoms with Crippen LogP contribution in [0.3, 0.4) is 0 Å². The first-order chi connectivity index (χ1) is 10.0. The monoisotopic (exact) mass is 291 g/mol. The lowest BCUT2D eigenvalue weighted by Crippen LogP contribution is -2.31. The topological polar surface area (TPSA) is 66.8 Å². The number of carbonyl (C=O) groups excluding carboxylic acids is 1. The van der Waals surface area contributed by atoms with E-state index in [-0.39, 0.29) is 11.9 Å². The number of carboxylic acid groups (broad SMARTS) is 1. The van der Waals surface area contributed by atoms with E-state index in [0.29, 0.717) is 19.5 Å². The van der Waals surface area contributed by atoms with E-state index in [0.717, 1.165) is 18.4 Å². The smallest absolute Gasteiger partial charge is 0.407 e. The fraction of sp³-hybridized carbons (Fsp3) is 0.500. The van der Waals surface area contributed by atoms with E-state index in [1.807, 2.05) is 13.0 Å². The molecule has 1 aliphatic heterocycles. The van der Waals surface area contributed by atoms with Gasteiger partial charge in [0.15, 0.2) is 0 Å². The van der Waals surface area contributed by atoms with Crippen molar-refractivity contribution in [2.75, 3.05) is 20.2 Å². The zero-order chi connectivity index (χ0) is 15.4. The number of amides is 1. The van der Waals surface area contributed by atoms with Crippen LogP contribution in [-0.2, 0) is 28.8 Å². The van der Waals surface area contributed by atoms with Gasteiger partial charge in [-0.1, -0.05) is 25.1 Å². The van der Waals surface area contributed by atoms with Crippen molar-refractivity contribution < 1.29 is 19.4 Å². The van der Waals surface area contributed by atoms with Crippen molar-refractivity contribution in [1.29, 1.82) is 0 Å². The summed E-state index contributed by atoms with van der Waals surface area (Å²) < 4.78 is 4.75. The van der Waals surface area contributed by atoms with Crippen LogP contribution in [0.1, 0.15) is 23.6 Å². The van der Waals surface area contributed by atoms with E-state index in [4.69, 9.17) is 9.84 Å². The lowest BCUT2D eigenvalue weighted by molar-refractivity contribution is -0.144. The molecule has 5 heteroatoms. The quantitative estimate of drug-likeness (QED) is 0.866. The summed E-state index contributed by atoms with van der Waals surface area (Å²) in [6.07, 6.45) is 1.25. The van der Waals surface area contributed by atoms with Gasteiger partial charge in [0.2, 0.25) is 0 Å². The number of esters is 1. The van der Waals surface area contributed by atoms with Crippen LogP contribution in [-0.4, -0.2) is 42.3 Å². The zero-order valence-corrected chi connectivity index (χ0v) is 12.5. The lowest BCUT2D eigenvalue weighted by Gasteiger charge is -2.15. The summed E-state index contributed by atoms with van der Waals surface area (Å²) in [4.78, 5) is 24.0. The average Bonchev–Trinajstić information content (AvgIpc) is 2.68. The molecule has 0 aromatic heterocycles. The predicted octanol–water partition coefficient (Wildman–Crippen LogP) is 2.12. The molecule has 114 valence electrons. The molecule has 5 nitrogen and oxygen atoms in total. The predicted molar refractivity (Wildman–Crippen MR) is 78.3 cm³/mol. The number of benzene rings is 1. The van der Waals surface area contributed by atoms with Crippen molar-refractivity contribution in [2.45, 2.75) is 26.2 Å². The summed E-state index contributed by atoms with van der Waals surface area (Å²) in [5.41, 5.74) is 3.48. The van der Waals surface area contributed by atoms with Gasteiger partial charge in [0, 0.05) is 13.1 Å². The third-order valence-electron chi connectivity index (χ3n) is 3.99. The number of methoxy groups -OCH3 is 1. The van der Waals surface area contributed by atoms with Crippen molar-refractivity contribution in [2.24, 2.45) is 5.92 Å². The van der Waals surface area contributed by atoms with Crippen LogP contribution >= 0.6 is 0 Å². The van der Waals surface area contributed by atoms with Crippen LogP contribution in [0.4, 0.5) is 4.79 Å². The second-order valence-corrected chi connectivity index (χ2v) is 5.50. The summed E-state index contributed by atoms with van der Waals surface area (Å²) in [7, 11) is 1.40. The van der Waals surface area contributed by atoms with Crippen LogP contribution in [0.25, 0.3) is 0 Å². The average molecular weight is 291 g/mol. The highest BCUT2D eigenvalue weighted by Crippen LogP contribution is 2.20. The molecule has 0 aliphatic carbocycles. The van der Waals surface area contributed by atoms with Crippen LogP contribution in [0.5, 0.6) is 0 Å². The first kappa shape index (κ1) is 15.4. The van der Waals surface area contributed by atoms with E-state index >= 15 is 0 Å². The highest BCUT2D eigenvalue weighted by molar-refractivity contribution is 5.72. The molecular formula is C16H21NO4. The highest BCUT2D eigenvalue weighted by Gasteiger charge is 2.19. The maximum absolute atomic E-state index is 11.5. The Morgan fingerprint density at radius 1 is 1.29 bits per heavy atom. The van der Waals surface area contributed by atoms with Gasteiger partial charge in [-0.25, -0.2) is 4.79 Å². The Kier molecular flexibility index (Phi) is 4.83. The van der Waals surface area contributed by atoms with Crippen LogP contribution in [0.2, 0.25) is 0 Å². The second kappa shape index (κ2) is 6.61. The Morgan fingerprint density at radius 3 is 2.57 bits per heavy atom.